The molecule has 4 heterocycles. The first-order valence-electron chi connectivity index (χ1n) is 12.4. The Balaban J connectivity index is 1.11. The number of hydrogen-bond donors (Lipinski definition) is 0. The van der Waals surface area contributed by atoms with Gasteiger partial charge in [-0.1, -0.05) is 22.8 Å². The summed E-state index contributed by atoms with van der Waals surface area (Å²) in [6.07, 6.45) is 0.555. The second-order valence-corrected chi connectivity index (χ2v) is 9.72. The van der Waals surface area contributed by atoms with Gasteiger partial charge in [-0.3, -0.25) is 9.59 Å². The van der Waals surface area contributed by atoms with E-state index in [2.05, 4.69) is 20.1 Å². The summed E-state index contributed by atoms with van der Waals surface area (Å²) in [6.45, 7) is 4.54. The zero-order valence-corrected chi connectivity index (χ0v) is 21.5. The number of amides is 2. The molecule has 3 aliphatic rings. The van der Waals surface area contributed by atoms with Crippen molar-refractivity contribution in [2.45, 2.75) is 19.8 Å². The number of hydrazone groups is 1. The van der Waals surface area contributed by atoms with Crippen LogP contribution in [-0.4, -0.2) is 77.1 Å². The van der Waals surface area contributed by atoms with Crippen LogP contribution in [0.3, 0.4) is 0 Å². The number of anilines is 1. The molecule has 6 rings (SSSR count). The van der Waals surface area contributed by atoms with Crippen molar-refractivity contribution in [2.24, 2.45) is 5.10 Å². The summed E-state index contributed by atoms with van der Waals surface area (Å²) in [4.78, 5) is 34.1. The number of piperazine rings is 1. The second kappa shape index (κ2) is 9.97. The summed E-state index contributed by atoms with van der Waals surface area (Å²) < 4.78 is 16.2. The topological polar surface area (TPSA) is 114 Å². The van der Waals surface area contributed by atoms with Crippen molar-refractivity contribution >= 4 is 34.8 Å². The van der Waals surface area contributed by atoms with Crippen LogP contribution in [0.4, 0.5) is 5.69 Å². The predicted octanol–water partition coefficient (Wildman–Crippen LogP) is 3.10. The van der Waals surface area contributed by atoms with Crippen LogP contribution in [0.25, 0.3) is 11.4 Å². The lowest BCUT2D eigenvalue weighted by atomic mass is 10.1. The highest BCUT2D eigenvalue weighted by atomic mass is 35.5. The summed E-state index contributed by atoms with van der Waals surface area (Å²) in [5, 5.41) is 10.4. The fraction of sp³-hybridized carbons (Fsp3) is 0.346. The summed E-state index contributed by atoms with van der Waals surface area (Å²) >= 11 is 6.18. The van der Waals surface area contributed by atoms with Gasteiger partial charge in [0.05, 0.1) is 0 Å². The molecule has 196 valence electrons. The monoisotopic (exact) mass is 536 g/mol. The molecule has 0 N–H and O–H groups in total. The lowest BCUT2D eigenvalue weighted by Gasteiger charge is -2.37. The Bertz CT molecular complexity index is 1430. The van der Waals surface area contributed by atoms with E-state index in [0.29, 0.717) is 66.2 Å². The Morgan fingerprint density at radius 3 is 2.68 bits per heavy atom. The molecule has 0 bridgehead atoms. The van der Waals surface area contributed by atoms with Gasteiger partial charge >= 0.3 is 0 Å². The lowest BCUT2D eigenvalue weighted by molar-refractivity contribution is -0.141. The lowest BCUT2D eigenvalue weighted by Crippen LogP contribution is -2.51. The average Bonchev–Trinajstić information content (AvgIpc) is 3.61. The van der Waals surface area contributed by atoms with E-state index in [1.165, 1.54) is 5.01 Å². The molecule has 0 radical (unpaired) electrons. The van der Waals surface area contributed by atoms with Crippen molar-refractivity contribution in [3.8, 4) is 22.9 Å². The number of rotatable bonds is 5. The summed E-state index contributed by atoms with van der Waals surface area (Å²) in [7, 11) is 0. The van der Waals surface area contributed by atoms with Gasteiger partial charge in [-0.2, -0.15) is 10.1 Å². The molecule has 1 fully saturated rings. The average molecular weight is 537 g/mol. The minimum absolute atomic E-state index is 0.137. The molecule has 0 spiro atoms. The molecule has 1 saturated heterocycles. The van der Waals surface area contributed by atoms with Crippen LogP contribution in [0.1, 0.15) is 24.3 Å². The van der Waals surface area contributed by atoms with E-state index in [9.17, 15) is 9.59 Å². The quantitative estimate of drug-likeness (QED) is 0.489. The van der Waals surface area contributed by atoms with Gasteiger partial charge in [0, 0.05) is 55.3 Å². The van der Waals surface area contributed by atoms with Gasteiger partial charge in [0.2, 0.25) is 24.4 Å². The van der Waals surface area contributed by atoms with E-state index >= 15 is 0 Å². The minimum atomic E-state index is -0.217. The van der Waals surface area contributed by atoms with E-state index in [0.717, 1.165) is 11.3 Å². The molecular formula is C26H25ClN6O5. The number of aromatic nitrogens is 2. The van der Waals surface area contributed by atoms with Crippen molar-refractivity contribution in [3.05, 3.63) is 52.9 Å². The fourth-order valence-electron chi connectivity index (χ4n) is 4.72. The number of benzene rings is 2. The molecule has 0 aliphatic carbocycles. The third-order valence-corrected chi connectivity index (χ3v) is 7.07. The van der Waals surface area contributed by atoms with Crippen LogP contribution in [0.15, 0.2) is 46.0 Å². The van der Waals surface area contributed by atoms with Crippen LogP contribution < -0.4 is 14.4 Å². The fourth-order valence-corrected chi connectivity index (χ4v) is 4.89. The highest BCUT2D eigenvalue weighted by Crippen LogP contribution is 2.35. The molecule has 0 saturated carbocycles. The third kappa shape index (κ3) is 4.76. The van der Waals surface area contributed by atoms with Crippen molar-refractivity contribution in [2.75, 3.05) is 44.4 Å². The molecule has 3 aliphatic heterocycles. The molecule has 3 aromatic rings. The molecule has 0 atom stereocenters. The first-order chi connectivity index (χ1) is 18.4. The maximum absolute atomic E-state index is 13.1. The van der Waals surface area contributed by atoms with Gasteiger partial charge in [0.15, 0.2) is 11.5 Å². The van der Waals surface area contributed by atoms with Crippen LogP contribution >= 0.6 is 11.6 Å². The standard InChI is InChI=1S/C26H25ClN6O5/c1-16-2-4-18(27)13-20(16)31-8-10-32(11-9-31)24(35)14-33-23(34)7-5-19(29-33)26-28-25(30-38-26)17-3-6-21-22(12-17)37-15-36-21/h2-4,6,12-13H,5,7-11,14-15H2,1H3. The smallest absolute Gasteiger partial charge is 0.274 e. The summed E-state index contributed by atoms with van der Waals surface area (Å²) in [6, 6.07) is 11.2. The van der Waals surface area contributed by atoms with Crippen molar-refractivity contribution in [1.29, 1.82) is 0 Å². The molecule has 2 aromatic carbocycles. The molecule has 0 unspecified atom stereocenters. The SMILES string of the molecule is Cc1ccc(Cl)cc1N1CCN(C(=O)CN2N=C(c3nc(-c4ccc5c(c4)OCO5)no3)CCC2=O)CC1. The van der Waals surface area contributed by atoms with Gasteiger partial charge in [0.25, 0.3) is 5.89 Å². The van der Waals surface area contributed by atoms with Crippen LogP contribution in [0.2, 0.25) is 5.02 Å². The predicted molar refractivity (Wildman–Crippen MR) is 138 cm³/mol. The molecule has 1 aromatic heterocycles. The Morgan fingerprint density at radius 2 is 1.84 bits per heavy atom. The number of halogens is 1. The number of hydrogen-bond acceptors (Lipinski definition) is 9. The van der Waals surface area contributed by atoms with Crippen LogP contribution in [0.5, 0.6) is 11.5 Å². The van der Waals surface area contributed by atoms with Gasteiger partial charge in [0.1, 0.15) is 12.3 Å². The summed E-state index contributed by atoms with van der Waals surface area (Å²) in [5.74, 6) is 1.49. The zero-order chi connectivity index (χ0) is 26.2. The van der Waals surface area contributed by atoms with Gasteiger partial charge < -0.3 is 23.8 Å². The normalized spacial score (nSPS) is 17.2. The Hall–Kier alpha value is -4.12. The number of aryl methyl sites for hydroxylation is 1. The first-order valence-corrected chi connectivity index (χ1v) is 12.7. The van der Waals surface area contributed by atoms with Crippen LogP contribution in [-0.2, 0) is 9.59 Å². The molecule has 11 nitrogen and oxygen atoms in total. The Kier molecular flexibility index (Phi) is 6.36. The number of nitrogens with zero attached hydrogens (tertiary/aromatic N) is 6. The van der Waals surface area contributed by atoms with Crippen molar-refractivity contribution in [1.82, 2.24) is 20.0 Å². The highest BCUT2D eigenvalue weighted by Gasteiger charge is 2.29. The van der Waals surface area contributed by atoms with Gasteiger partial charge in [-0.25, -0.2) is 5.01 Å². The Morgan fingerprint density at radius 1 is 1.03 bits per heavy atom. The molecular weight excluding hydrogens is 512 g/mol. The maximum atomic E-state index is 13.1. The van der Waals surface area contributed by atoms with Crippen molar-refractivity contribution < 1.29 is 23.6 Å². The minimum Gasteiger partial charge on any atom is -0.454 e. The number of fused-ring (bicyclic) bond motifs is 1. The maximum Gasteiger partial charge on any atom is 0.274 e. The van der Waals surface area contributed by atoms with Crippen molar-refractivity contribution in [3.63, 3.8) is 0 Å². The number of carbonyl (C=O) groups is 2. The Labute approximate surface area is 223 Å². The zero-order valence-electron chi connectivity index (χ0n) is 20.7. The second-order valence-electron chi connectivity index (χ2n) is 9.29. The van der Waals surface area contributed by atoms with E-state index < -0.39 is 0 Å². The van der Waals surface area contributed by atoms with E-state index in [-0.39, 0.29) is 37.5 Å². The van der Waals surface area contributed by atoms with E-state index in [4.69, 9.17) is 25.6 Å². The molecule has 12 heteroatoms. The molecule has 38 heavy (non-hydrogen) atoms. The summed E-state index contributed by atoms with van der Waals surface area (Å²) in [5.41, 5.74) is 3.39. The van der Waals surface area contributed by atoms with Gasteiger partial charge in [-0.05, 0) is 42.8 Å². The highest BCUT2D eigenvalue weighted by molar-refractivity contribution is 6.30. The van der Waals surface area contributed by atoms with E-state index in [1.54, 1.807) is 17.0 Å². The van der Waals surface area contributed by atoms with Gasteiger partial charge in [-0.15, -0.1) is 0 Å². The third-order valence-electron chi connectivity index (χ3n) is 6.84. The molecule has 2 amide bonds. The van der Waals surface area contributed by atoms with Crippen LogP contribution in [0, 0.1) is 6.92 Å². The largest absolute Gasteiger partial charge is 0.454 e. The number of ether oxygens (including phenoxy) is 2. The first kappa shape index (κ1) is 24.2. The van der Waals surface area contributed by atoms with E-state index in [1.807, 2.05) is 31.2 Å². The number of carbonyl (C=O) groups excluding carboxylic acids is 2.